The van der Waals surface area contributed by atoms with Gasteiger partial charge < -0.3 is 15.0 Å². The molecule has 116 valence electrons. The summed E-state index contributed by atoms with van der Waals surface area (Å²) in [6, 6.07) is 0. The summed E-state index contributed by atoms with van der Waals surface area (Å²) in [4.78, 5) is 14.0. The molecule has 2 aliphatic rings. The molecule has 0 aromatic rings. The maximum Gasteiger partial charge on any atom is 0.410 e. The Labute approximate surface area is 123 Å². The van der Waals surface area contributed by atoms with Gasteiger partial charge >= 0.3 is 6.09 Å². The summed E-state index contributed by atoms with van der Waals surface area (Å²) in [5.74, 6) is 2.11. The molecule has 1 N–H and O–H groups in total. The van der Waals surface area contributed by atoms with Crippen molar-refractivity contribution in [3.63, 3.8) is 0 Å². The molecule has 0 aromatic heterocycles. The molecule has 2 aliphatic heterocycles. The minimum atomic E-state index is -0.398. The van der Waals surface area contributed by atoms with Gasteiger partial charge in [-0.1, -0.05) is 6.92 Å². The second-order valence-corrected chi connectivity index (χ2v) is 7.46. The molecule has 0 spiro atoms. The Bertz CT molecular complexity index is 332. The van der Waals surface area contributed by atoms with Crippen molar-refractivity contribution in [1.82, 2.24) is 10.2 Å². The molecule has 4 nitrogen and oxygen atoms in total. The minimum Gasteiger partial charge on any atom is -0.444 e. The third-order valence-corrected chi connectivity index (χ3v) is 4.56. The van der Waals surface area contributed by atoms with Crippen molar-refractivity contribution in [1.29, 1.82) is 0 Å². The Morgan fingerprint density at radius 1 is 1.30 bits per heavy atom. The first kappa shape index (κ1) is 15.6. The van der Waals surface area contributed by atoms with Crippen LogP contribution in [0.4, 0.5) is 4.79 Å². The first-order chi connectivity index (χ1) is 9.37. The topological polar surface area (TPSA) is 41.6 Å². The van der Waals surface area contributed by atoms with Crippen LogP contribution >= 0.6 is 0 Å². The second-order valence-electron chi connectivity index (χ2n) is 7.46. The third-order valence-electron chi connectivity index (χ3n) is 4.56. The van der Waals surface area contributed by atoms with E-state index in [0.717, 1.165) is 37.9 Å². The normalized spacial score (nSPS) is 32.0. The molecule has 3 unspecified atom stereocenters. The Morgan fingerprint density at radius 2 is 2.05 bits per heavy atom. The first-order valence-corrected chi connectivity index (χ1v) is 8.05. The zero-order valence-electron chi connectivity index (χ0n) is 13.4. The Balaban J connectivity index is 1.86. The Kier molecular flexibility index (Phi) is 4.95. The Morgan fingerprint density at radius 3 is 2.60 bits per heavy atom. The highest BCUT2D eigenvalue weighted by Gasteiger charge is 2.35. The molecule has 0 bridgehead atoms. The van der Waals surface area contributed by atoms with E-state index in [1.54, 1.807) is 0 Å². The van der Waals surface area contributed by atoms with Crippen LogP contribution in [0.3, 0.4) is 0 Å². The fourth-order valence-electron chi connectivity index (χ4n) is 3.60. The van der Waals surface area contributed by atoms with Gasteiger partial charge in [0.05, 0.1) is 0 Å². The SMILES string of the molecule is CC1CN(C(=O)OC(C)(C)C)CCC1C1CCCNC1. The van der Waals surface area contributed by atoms with Crippen LogP contribution in [0.5, 0.6) is 0 Å². The van der Waals surface area contributed by atoms with Crippen molar-refractivity contribution in [3.05, 3.63) is 0 Å². The molecule has 0 aromatic carbocycles. The lowest BCUT2D eigenvalue weighted by molar-refractivity contribution is 0.00559. The van der Waals surface area contributed by atoms with Crippen molar-refractivity contribution in [3.8, 4) is 0 Å². The number of piperidine rings is 2. The molecule has 3 atom stereocenters. The van der Waals surface area contributed by atoms with Crippen LogP contribution in [0.15, 0.2) is 0 Å². The van der Waals surface area contributed by atoms with E-state index in [9.17, 15) is 4.79 Å². The van der Waals surface area contributed by atoms with E-state index in [4.69, 9.17) is 4.74 Å². The molecule has 2 heterocycles. The van der Waals surface area contributed by atoms with E-state index < -0.39 is 5.60 Å². The summed E-state index contributed by atoms with van der Waals surface area (Å²) in [6.45, 7) is 12.1. The number of nitrogens with one attached hydrogen (secondary N) is 1. The van der Waals surface area contributed by atoms with Crippen molar-refractivity contribution in [2.24, 2.45) is 17.8 Å². The number of carbonyl (C=O) groups excluding carboxylic acids is 1. The van der Waals surface area contributed by atoms with Gasteiger partial charge in [-0.25, -0.2) is 4.79 Å². The number of amides is 1. The number of carbonyl (C=O) groups is 1. The number of ether oxygens (including phenoxy) is 1. The molecular formula is C16H30N2O2. The predicted molar refractivity (Wildman–Crippen MR) is 80.7 cm³/mol. The van der Waals surface area contributed by atoms with Gasteiger partial charge in [0.1, 0.15) is 5.60 Å². The van der Waals surface area contributed by atoms with Crippen LogP contribution in [-0.2, 0) is 4.74 Å². The van der Waals surface area contributed by atoms with Crippen LogP contribution < -0.4 is 5.32 Å². The summed E-state index contributed by atoms with van der Waals surface area (Å²) >= 11 is 0. The highest BCUT2D eigenvalue weighted by Crippen LogP contribution is 2.33. The number of nitrogens with zero attached hydrogens (tertiary/aromatic N) is 1. The molecule has 2 fully saturated rings. The predicted octanol–water partition coefficient (Wildman–Crippen LogP) is 2.88. The van der Waals surface area contributed by atoms with Crippen LogP contribution in [0.25, 0.3) is 0 Å². The van der Waals surface area contributed by atoms with E-state index in [2.05, 4.69) is 12.2 Å². The number of likely N-dealkylation sites (tertiary alicyclic amines) is 1. The second kappa shape index (κ2) is 6.33. The summed E-state index contributed by atoms with van der Waals surface area (Å²) in [5.41, 5.74) is -0.398. The highest BCUT2D eigenvalue weighted by atomic mass is 16.6. The van der Waals surface area contributed by atoms with Gasteiger partial charge in [-0.05, 0) is 70.9 Å². The molecule has 0 aliphatic carbocycles. The largest absolute Gasteiger partial charge is 0.444 e. The highest BCUT2D eigenvalue weighted by molar-refractivity contribution is 5.68. The van der Waals surface area contributed by atoms with Crippen molar-refractivity contribution >= 4 is 6.09 Å². The van der Waals surface area contributed by atoms with Crippen molar-refractivity contribution in [2.45, 2.75) is 52.6 Å². The standard InChI is InChI=1S/C16H30N2O2/c1-12-11-18(15(19)20-16(2,3)4)9-7-14(12)13-6-5-8-17-10-13/h12-14,17H,5-11H2,1-4H3. The molecule has 1 amide bonds. The lowest BCUT2D eigenvalue weighted by Crippen LogP contribution is -2.48. The van der Waals surface area contributed by atoms with Gasteiger partial charge in [0, 0.05) is 13.1 Å². The van der Waals surface area contributed by atoms with E-state index in [-0.39, 0.29) is 6.09 Å². The van der Waals surface area contributed by atoms with Crippen LogP contribution in [-0.4, -0.2) is 42.8 Å². The third kappa shape index (κ3) is 4.11. The fraction of sp³-hybridized carbons (Fsp3) is 0.938. The van der Waals surface area contributed by atoms with Crippen LogP contribution in [0, 0.1) is 17.8 Å². The van der Waals surface area contributed by atoms with Gasteiger partial charge in [-0.2, -0.15) is 0 Å². The minimum absolute atomic E-state index is 0.149. The Hall–Kier alpha value is -0.770. The van der Waals surface area contributed by atoms with Crippen LogP contribution in [0.2, 0.25) is 0 Å². The fourth-order valence-corrected chi connectivity index (χ4v) is 3.60. The maximum absolute atomic E-state index is 12.1. The zero-order chi connectivity index (χ0) is 14.8. The van der Waals surface area contributed by atoms with Gasteiger partial charge in [0.2, 0.25) is 0 Å². The molecule has 2 saturated heterocycles. The quantitative estimate of drug-likeness (QED) is 0.804. The van der Waals surface area contributed by atoms with Gasteiger partial charge in [-0.3, -0.25) is 0 Å². The van der Waals surface area contributed by atoms with Crippen molar-refractivity contribution in [2.75, 3.05) is 26.2 Å². The monoisotopic (exact) mass is 282 g/mol. The molecule has 20 heavy (non-hydrogen) atoms. The molecule has 0 radical (unpaired) electrons. The number of hydrogen-bond acceptors (Lipinski definition) is 3. The zero-order valence-corrected chi connectivity index (χ0v) is 13.4. The average Bonchev–Trinajstić information content (AvgIpc) is 2.37. The van der Waals surface area contributed by atoms with Gasteiger partial charge in [0.25, 0.3) is 0 Å². The average molecular weight is 282 g/mol. The smallest absolute Gasteiger partial charge is 0.410 e. The van der Waals surface area contributed by atoms with E-state index in [1.165, 1.54) is 19.4 Å². The lowest BCUT2D eigenvalue weighted by atomic mass is 9.75. The summed E-state index contributed by atoms with van der Waals surface area (Å²) in [7, 11) is 0. The molecular weight excluding hydrogens is 252 g/mol. The maximum atomic E-state index is 12.1. The van der Waals surface area contributed by atoms with Gasteiger partial charge in [-0.15, -0.1) is 0 Å². The summed E-state index contributed by atoms with van der Waals surface area (Å²) in [5, 5.41) is 3.51. The lowest BCUT2D eigenvalue weighted by Gasteiger charge is -2.42. The molecule has 4 heteroatoms. The van der Waals surface area contributed by atoms with Crippen LogP contribution in [0.1, 0.15) is 47.0 Å². The summed E-state index contributed by atoms with van der Waals surface area (Å²) in [6.07, 6.45) is 3.61. The van der Waals surface area contributed by atoms with Gasteiger partial charge in [0.15, 0.2) is 0 Å². The van der Waals surface area contributed by atoms with Crippen molar-refractivity contribution < 1.29 is 9.53 Å². The summed E-state index contributed by atoms with van der Waals surface area (Å²) < 4.78 is 5.48. The molecule has 2 rings (SSSR count). The number of hydrogen-bond donors (Lipinski definition) is 1. The van der Waals surface area contributed by atoms with E-state index in [1.807, 2.05) is 25.7 Å². The van der Waals surface area contributed by atoms with E-state index in [0.29, 0.717) is 5.92 Å². The van der Waals surface area contributed by atoms with E-state index >= 15 is 0 Å². The first-order valence-electron chi connectivity index (χ1n) is 8.05. The molecule has 0 saturated carbocycles. The number of rotatable bonds is 1.